The van der Waals surface area contributed by atoms with Gasteiger partial charge in [0.2, 0.25) is 0 Å². The maximum atomic E-state index is 12.4. The van der Waals surface area contributed by atoms with Crippen molar-refractivity contribution in [3.63, 3.8) is 0 Å². The standard InChI is InChI=1S/C15H17F3N2OS/c1-14(2,3)8-4-5-9-10(7-19)12(22-11(9)6-8)20-13(21)15(16,17)18/h8H,4-6H2,1-3H3,(H,20,21)/t8-/m1/s1. The van der Waals surface area contributed by atoms with Crippen LogP contribution in [0.3, 0.4) is 0 Å². The van der Waals surface area contributed by atoms with Crippen LogP contribution in [0.1, 0.15) is 43.2 Å². The van der Waals surface area contributed by atoms with Crippen molar-refractivity contribution in [1.82, 2.24) is 0 Å². The summed E-state index contributed by atoms with van der Waals surface area (Å²) in [6.07, 6.45) is -2.65. The van der Waals surface area contributed by atoms with E-state index in [0.29, 0.717) is 12.3 Å². The Hall–Kier alpha value is -1.55. The lowest BCUT2D eigenvalue weighted by molar-refractivity contribution is -0.167. The minimum Gasteiger partial charge on any atom is -0.309 e. The van der Waals surface area contributed by atoms with E-state index in [1.165, 1.54) is 0 Å². The lowest BCUT2D eigenvalue weighted by Gasteiger charge is -2.33. The van der Waals surface area contributed by atoms with Gasteiger partial charge in [0.25, 0.3) is 0 Å². The number of carbonyl (C=O) groups is 1. The molecule has 0 aliphatic heterocycles. The maximum Gasteiger partial charge on any atom is 0.471 e. The average Bonchev–Trinajstić information content (AvgIpc) is 2.72. The Morgan fingerprint density at radius 3 is 2.50 bits per heavy atom. The minimum absolute atomic E-state index is 0.0179. The Bertz CT molecular complexity index is 635. The predicted octanol–water partition coefficient (Wildman–Crippen LogP) is 4.27. The van der Waals surface area contributed by atoms with E-state index < -0.39 is 12.1 Å². The van der Waals surface area contributed by atoms with E-state index >= 15 is 0 Å². The molecule has 120 valence electrons. The average molecular weight is 330 g/mol. The molecule has 1 aliphatic carbocycles. The van der Waals surface area contributed by atoms with Gasteiger partial charge in [-0.3, -0.25) is 4.79 Å². The first kappa shape index (κ1) is 16.8. The molecule has 2 rings (SSSR count). The highest BCUT2D eigenvalue weighted by atomic mass is 32.1. The van der Waals surface area contributed by atoms with Crippen molar-refractivity contribution in [1.29, 1.82) is 5.26 Å². The van der Waals surface area contributed by atoms with Crippen molar-refractivity contribution in [3.8, 4) is 6.07 Å². The summed E-state index contributed by atoms with van der Waals surface area (Å²) in [5, 5.41) is 11.1. The van der Waals surface area contributed by atoms with Gasteiger partial charge in [-0.25, -0.2) is 0 Å². The van der Waals surface area contributed by atoms with Crippen molar-refractivity contribution >= 4 is 22.2 Å². The molecule has 3 nitrogen and oxygen atoms in total. The van der Waals surface area contributed by atoms with Gasteiger partial charge in [-0.15, -0.1) is 11.3 Å². The zero-order valence-corrected chi connectivity index (χ0v) is 13.4. The van der Waals surface area contributed by atoms with Crippen LogP contribution in [0.2, 0.25) is 0 Å². The van der Waals surface area contributed by atoms with Crippen LogP contribution >= 0.6 is 11.3 Å². The highest BCUT2D eigenvalue weighted by Crippen LogP contribution is 2.44. The van der Waals surface area contributed by atoms with Crippen LogP contribution in [0.5, 0.6) is 0 Å². The second kappa shape index (κ2) is 5.58. The van der Waals surface area contributed by atoms with Crippen molar-refractivity contribution < 1.29 is 18.0 Å². The summed E-state index contributed by atoms with van der Waals surface area (Å²) >= 11 is 1.10. The van der Waals surface area contributed by atoms with Gasteiger partial charge < -0.3 is 5.32 Å². The highest BCUT2D eigenvalue weighted by molar-refractivity contribution is 7.16. The van der Waals surface area contributed by atoms with Gasteiger partial charge in [0.15, 0.2) is 0 Å². The third-order valence-corrected chi connectivity index (χ3v) is 5.26. The number of nitrogens with zero attached hydrogens (tertiary/aromatic N) is 1. The van der Waals surface area contributed by atoms with E-state index in [1.807, 2.05) is 11.4 Å². The lowest BCUT2D eigenvalue weighted by Crippen LogP contribution is -2.29. The molecular weight excluding hydrogens is 313 g/mol. The molecule has 0 unspecified atom stereocenters. The summed E-state index contributed by atoms with van der Waals surface area (Å²) in [4.78, 5) is 12.0. The fourth-order valence-electron chi connectivity index (χ4n) is 2.71. The third kappa shape index (κ3) is 3.27. The molecule has 1 N–H and O–H groups in total. The first-order chi connectivity index (χ1) is 10.0. The Balaban J connectivity index is 2.31. The van der Waals surface area contributed by atoms with Gasteiger partial charge in [-0.05, 0) is 36.2 Å². The number of fused-ring (bicyclic) bond motifs is 1. The van der Waals surface area contributed by atoms with Gasteiger partial charge in [0.1, 0.15) is 11.1 Å². The fraction of sp³-hybridized carbons (Fsp3) is 0.600. The molecule has 7 heteroatoms. The number of hydrogen-bond donors (Lipinski definition) is 1. The van der Waals surface area contributed by atoms with Gasteiger partial charge in [-0.1, -0.05) is 20.8 Å². The summed E-state index contributed by atoms with van der Waals surface area (Å²) in [5.74, 6) is -1.62. The summed E-state index contributed by atoms with van der Waals surface area (Å²) in [5.41, 5.74) is 1.08. The Morgan fingerprint density at radius 1 is 1.36 bits per heavy atom. The topological polar surface area (TPSA) is 52.9 Å². The highest BCUT2D eigenvalue weighted by Gasteiger charge is 2.40. The molecule has 0 aromatic carbocycles. The lowest BCUT2D eigenvalue weighted by atomic mass is 9.72. The molecule has 0 saturated heterocycles. The van der Waals surface area contributed by atoms with E-state index in [9.17, 15) is 23.2 Å². The maximum absolute atomic E-state index is 12.4. The van der Waals surface area contributed by atoms with Gasteiger partial charge in [0, 0.05) is 4.88 Å². The number of nitrogens with one attached hydrogen (secondary N) is 1. The SMILES string of the molecule is CC(C)(C)[C@@H]1CCc2c(sc(NC(=O)C(F)(F)F)c2C#N)C1. The van der Waals surface area contributed by atoms with Crippen LogP contribution in [-0.4, -0.2) is 12.1 Å². The summed E-state index contributed by atoms with van der Waals surface area (Å²) in [6, 6.07) is 1.94. The monoisotopic (exact) mass is 330 g/mol. The van der Waals surface area contributed by atoms with Crippen molar-refractivity contribution in [2.24, 2.45) is 11.3 Å². The van der Waals surface area contributed by atoms with Crippen LogP contribution in [0.15, 0.2) is 0 Å². The number of anilines is 1. The van der Waals surface area contributed by atoms with Crippen LogP contribution in [0.25, 0.3) is 0 Å². The molecule has 22 heavy (non-hydrogen) atoms. The smallest absolute Gasteiger partial charge is 0.309 e. The summed E-state index contributed by atoms with van der Waals surface area (Å²) in [7, 11) is 0. The minimum atomic E-state index is -4.95. The largest absolute Gasteiger partial charge is 0.471 e. The van der Waals surface area contributed by atoms with Gasteiger partial charge in [-0.2, -0.15) is 18.4 Å². The van der Waals surface area contributed by atoms with E-state index in [1.54, 1.807) is 0 Å². The molecule has 1 aliphatic rings. The first-order valence-corrected chi connectivity index (χ1v) is 7.78. The molecule has 1 aromatic heterocycles. The molecule has 0 radical (unpaired) electrons. The van der Waals surface area contributed by atoms with Crippen molar-refractivity contribution in [2.75, 3.05) is 5.32 Å². The summed E-state index contributed by atoms with van der Waals surface area (Å²) < 4.78 is 37.1. The number of rotatable bonds is 1. The molecule has 1 amide bonds. The third-order valence-electron chi connectivity index (χ3n) is 4.09. The van der Waals surface area contributed by atoms with Gasteiger partial charge in [0.05, 0.1) is 5.56 Å². The van der Waals surface area contributed by atoms with E-state index in [0.717, 1.165) is 34.6 Å². The molecule has 0 saturated carbocycles. The fourth-order valence-corrected chi connectivity index (χ4v) is 3.98. The molecule has 1 atom stereocenters. The number of hydrogen-bond acceptors (Lipinski definition) is 3. The molecule has 0 bridgehead atoms. The van der Waals surface area contributed by atoms with Crippen LogP contribution < -0.4 is 5.32 Å². The number of nitriles is 1. The molecule has 1 aromatic rings. The Labute approximate surface area is 131 Å². The number of amides is 1. The number of halogens is 3. The number of thiophene rings is 1. The molecular formula is C15H17F3N2OS. The number of alkyl halides is 3. The Morgan fingerprint density at radius 2 is 2.00 bits per heavy atom. The predicted molar refractivity (Wildman–Crippen MR) is 78.7 cm³/mol. The second-order valence-corrected chi connectivity index (χ2v) is 7.68. The van der Waals surface area contributed by atoms with Gasteiger partial charge >= 0.3 is 12.1 Å². The van der Waals surface area contributed by atoms with E-state index in [2.05, 4.69) is 20.8 Å². The Kier molecular flexibility index (Phi) is 4.26. The quantitative estimate of drug-likeness (QED) is 0.836. The molecule has 1 heterocycles. The number of carbonyl (C=O) groups excluding carboxylic acids is 1. The van der Waals surface area contributed by atoms with Crippen LogP contribution in [0.4, 0.5) is 18.2 Å². The second-order valence-electron chi connectivity index (χ2n) is 6.58. The molecule has 0 fully saturated rings. The normalized spacial score (nSPS) is 18.5. The van der Waals surface area contributed by atoms with E-state index in [4.69, 9.17) is 0 Å². The zero-order valence-electron chi connectivity index (χ0n) is 12.6. The van der Waals surface area contributed by atoms with Crippen LogP contribution in [0, 0.1) is 22.7 Å². The molecule has 0 spiro atoms. The van der Waals surface area contributed by atoms with Crippen molar-refractivity contribution in [2.45, 2.75) is 46.2 Å². The van der Waals surface area contributed by atoms with E-state index in [-0.39, 0.29) is 16.0 Å². The van der Waals surface area contributed by atoms with Crippen LogP contribution in [-0.2, 0) is 17.6 Å². The zero-order chi connectivity index (χ0) is 16.7. The first-order valence-electron chi connectivity index (χ1n) is 6.97. The van der Waals surface area contributed by atoms with Crippen molar-refractivity contribution in [3.05, 3.63) is 16.0 Å². The summed E-state index contributed by atoms with van der Waals surface area (Å²) in [6.45, 7) is 6.40.